The molecule has 1 amide bonds. The molecule has 0 unspecified atom stereocenters. The molecule has 0 aromatic heterocycles. The number of carbonyl (C=O) groups excluding carboxylic acids is 1. The van der Waals surface area contributed by atoms with Crippen molar-refractivity contribution in [1.82, 2.24) is 5.32 Å². The number of carboxylic acids is 1. The van der Waals surface area contributed by atoms with Gasteiger partial charge in [0.2, 0.25) is 0 Å². The molecule has 1 saturated carbocycles. The number of carboxylic acid groups (broad SMARTS) is 1. The third-order valence-corrected chi connectivity index (χ3v) is 3.69. The van der Waals surface area contributed by atoms with E-state index in [1.807, 2.05) is 0 Å². The summed E-state index contributed by atoms with van der Waals surface area (Å²) in [4.78, 5) is 23.3. The monoisotopic (exact) mass is 271 g/mol. The van der Waals surface area contributed by atoms with Crippen LogP contribution in [0.15, 0.2) is 0 Å². The molecule has 0 saturated heterocycles. The van der Waals surface area contributed by atoms with Crippen LogP contribution in [0.25, 0.3) is 0 Å². The second kappa shape index (κ2) is 5.80. The Labute approximate surface area is 114 Å². The van der Waals surface area contributed by atoms with Crippen molar-refractivity contribution in [3.63, 3.8) is 0 Å². The molecule has 0 spiro atoms. The lowest BCUT2D eigenvalue weighted by molar-refractivity contribution is -0.146. The largest absolute Gasteiger partial charge is 0.480 e. The normalized spacial score (nSPS) is 27.7. The topological polar surface area (TPSA) is 75.6 Å². The maximum atomic E-state index is 11.8. The zero-order valence-electron chi connectivity index (χ0n) is 12.3. The molecule has 0 radical (unpaired) electrons. The fraction of sp³-hybridized carbons (Fsp3) is 0.857. The first-order chi connectivity index (χ1) is 8.68. The van der Waals surface area contributed by atoms with Gasteiger partial charge in [0.15, 0.2) is 0 Å². The van der Waals surface area contributed by atoms with Crippen molar-refractivity contribution < 1.29 is 19.4 Å². The number of hydrogen-bond donors (Lipinski definition) is 2. The molecule has 0 bridgehead atoms. The molecule has 0 aromatic rings. The smallest absolute Gasteiger partial charge is 0.408 e. The SMILES string of the molecule is CCC1CCC(NC(=O)OC(C)(C)C)(C(=O)O)CC1. The zero-order valence-corrected chi connectivity index (χ0v) is 12.3. The summed E-state index contributed by atoms with van der Waals surface area (Å²) in [7, 11) is 0. The minimum Gasteiger partial charge on any atom is -0.480 e. The van der Waals surface area contributed by atoms with Gasteiger partial charge in [0.1, 0.15) is 11.1 Å². The summed E-state index contributed by atoms with van der Waals surface area (Å²) >= 11 is 0. The van der Waals surface area contributed by atoms with E-state index in [9.17, 15) is 14.7 Å². The molecule has 5 heteroatoms. The van der Waals surface area contributed by atoms with Crippen LogP contribution in [-0.2, 0) is 9.53 Å². The van der Waals surface area contributed by atoms with Crippen LogP contribution in [0.1, 0.15) is 59.8 Å². The van der Waals surface area contributed by atoms with Gasteiger partial charge in [-0.2, -0.15) is 0 Å². The van der Waals surface area contributed by atoms with E-state index in [0.717, 1.165) is 19.3 Å². The molecule has 1 rings (SSSR count). The summed E-state index contributed by atoms with van der Waals surface area (Å²) in [5.41, 5.74) is -1.78. The molecule has 19 heavy (non-hydrogen) atoms. The number of carbonyl (C=O) groups is 2. The van der Waals surface area contributed by atoms with Gasteiger partial charge in [0.05, 0.1) is 0 Å². The van der Waals surface area contributed by atoms with Crippen LogP contribution in [0, 0.1) is 5.92 Å². The summed E-state index contributed by atoms with van der Waals surface area (Å²) in [6, 6.07) is 0. The molecule has 2 N–H and O–H groups in total. The Morgan fingerprint density at radius 1 is 1.32 bits per heavy atom. The number of ether oxygens (including phenoxy) is 1. The maximum absolute atomic E-state index is 11.8. The standard InChI is InChI=1S/C14H25NO4/c1-5-10-6-8-14(9-7-10,11(16)17)15-12(18)19-13(2,3)4/h10H,5-9H2,1-4H3,(H,15,18)(H,16,17). The minimum absolute atomic E-state index is 0.472. The highest BCUT2D eigenvalue weighted by atomic mass is 16.6. The van der Waals surface area contributed by atoms with Gasteiger partial charge in [-0.15, -0.1) is 0 Å². The molecule has 0 atom stereocenters. The van der Waals surface area contributed by atoms with Crippen molar-refractivity contribution in [2.75, 3.05) is 0 Å². The lowest BCUT2D eigenvalue weighted by Gasteiger charge is -2.37. The summed E-state index contributed by atoms with van der Waals surface area (Å²) in [5.74, 6) is -0.402. The van der Waals surface area contributed by atoms with E-state index >= 15 is 0 Å². The number of nitrogens with one attached hydrogen (secondary N) is 1. The van der Waals surface area contributed by atoms with Crippen LogP contribution in [0.4, 0.5) is 4.79 Å². The van der Waals surface area contributed by atoms with Crippen LogP contribution in [-0.4, -0.2) is 28.3 Å². The summed E-state index contributed by atoms with van der Waals surface area (Å²) < 4.78 is 5.16. The number of alkyl carbamates (subject to hydrolysis) is 1. The van der Waals surface area contributed by atoms with Crippen molar-refractivity contribution in [3.05, 3.63) is 0 Å². The quantitative estimate of drug-likeness (QED) is 0.827. The van der Waals surface area contributed by atoms with Gasteiger partial charge >= 0.3 is 12.1 Å². The van der Waals surface area contributed by atoms with Gasteiger partial charge in [0.25, 0.3) is 0 Å². The first-order valence-electron chi connectivity index (χ1n) is 6.93. The van der Waals surface area contributed by atoms with Crippen molar-refractivity contribution in [3.8, 4) is 0 Å². The van der Waals surface area contributed by atoms with E-state index < -0.39 is 23.2 Å². The highest BCUT2D eigenvalue weighted by molar-refractivity contribution is 5.84. The molecule has 0 aromatic carbocycles. The van der Waals surface area contributed by atoms with Crippen LogP contribution in [0.2, 0.25) is 0 Å². The van der Waals surface area contributed by atoms with Crippen molar-refractivity contribution in [2.45, 2.75) is 70.9 Å². The molecule has 1 fully saturated rings. The van der Waals surface area contributed by atoms with Gasteiger partial charge in [-0.1, -0.05) is 13.3 Å². The lowest BCUT2D eigenvalue weighted by Crippen LogP contribution is -2.57. The Hall–Kier alpha value is -1.26. The summed E-state index contributed by atoms with van der Waals surface area (Å²) in [6.45, 7) is 7.38. The molecule has 5 nitrogen and oxygen atoms in total. The van der Waals surface area contributed by atoms with Crippen molar-refractivity contribution in [1.29, 1.82) is 0 Å². The van der Waals surface area contributed by atoms with E-state index in [0.29, 0.717) is 18.8 Å². The number of aliphatic carboxylic acids is 1. The second-order valence-corrected chi connectivity index (χ2v) is 6.37. The molecule has 110 valence electrons. The molecule has 1 aliphatic rings. The fourth-order valence-electron chi connectivity index (χ4n) is 2.47. The molecular formula is C14H25NO4. The van der Waals surface area contributed by atoms with Gasteiger partial charge in [-0.05, 0) is 52.4 Å². The van der Waals surface area contributed by atoms with Crippen molar-refractivity contribution in [2.24, 2.45) is 5.92 Å². The summed E-state index contributed by atoms with van der Waals surface area (Å²) in [6.07, 6.45) is 3.02. The average Bonchev–Trinajstić information content (AvgIpc) is 2.27. The predicted molar refractivity (Wildman–Crippen MR) is 72.0 cm³/mol. The highest BCUT2D eigenvalue weighted by Gasteiger charge is 2.43. The van der Waals surface area contributed by atoms with Crippen LogP contribution < -0.4 is 5.32 Å². The first-order valence-corrected chi connectivity index (χ1v) is 6.93. The summed E-state index contributed by atoms with van der Waals surface area (Å²) in [5, 5.41) is 12.0. The average molecular weight is 271 g/mol. The maximum Gasteiger partial charge on any atom is 0.408 e. The Morgan fingerprint density at radius 3 is 2.21 bits per heavy atom. The van der Waals surface area contributed by atoms with Gasteiger partial charge < -0.3 is 15.2 Å². The van der Waals surface area contributed by atoms with Gasteiger partial charge in [-0.3, -0.25) is 0 Å². The lowest BCUT2D eigenvalue weighted by atomic mass is 9.75. The van der Waals surface area contributed by atoms with Crippen LogP contribution >= 0.6 is 0 Å². The Balaban J connectivity index is 2.69. The van der Waals surface area contributed by atoms with Gasteiger partial charge in [0, 0.05) is 0 Å². The van der Waals surface area contributed by atoms with E-state index in [1.54, 1.807) is 20.8 Å². The van der Waals surface area contributed by atoms with E-state index in [-0.39, 0.29) is 0 Å². The van der Waals surface area contributed by atoms with E-state index in [2.05, 4.69) is 12.2 Å². The number of hydrogen-bond acceptors (Lipinski definition) is 3. The van der Waals surface area contributed by atoms with Gasteiger partial charge in [-0.25, -0.2) is 9.59 Å². The third-order valence-electron chi connectivity index (χ3n) is 3.69. The molecular weight excluding hydrogens is 246 g/mol. The first kappa shape index (κ1) is 15.8. The Bertz CT molecular complexity index is 338. The van der Waals surface area contributed by atoms with Crippen LogP contribution in [0.3, 0.4) is 0 Å². The third kappa shape index (κ3) is 4.40. The Morgan fingerprint density at radius 2 is 1.84 bits per heavy atom. The fourth-order valence-corrected chi connectivity index (χ4v) is 2.47. The highest BCUT2D eigenvalue weighted by Crippen LogP contribution is 2.34. The predicted octanol–water partition coefficient (Wildman–Crippen LogP) is 2.93. The minimum atomic E-state index is -1.16. The number of amides is 1. The van der Waals surface area contributed by atoms with E-state index in [1.165, 1.54) is 0 Å². The zero-order chi connectivity index (χ0) is 14.7. The van der Waals surface area contributed by atoms with Crippen molar-refractivity contribution >= 4 is 12.1 Å². The van der Waals surface area contributed by atoms with E-state index in [4.69, 9.17) is 4.74 Å². The Kier molecular flexibility index (Phi) is 4.82. The molecule has 0 aliphatic heterocycles. The second-order valence-electron chi connectivity index (χ2n) is 6.37. The number of rotatable bonds is 3. The molecule has 1 aliphatic carbocycles. The molecule has 0 heterocycles. The van der Waals surface area contributed by atoms with Crippen LogP contribution in [0.5, 0.6) is 0 Å².